The summed E-state index contributed by atoms with van der Waals surface area (Å²) in [4.78, 5) is 32.0. The summed E-state index contributed by atoms with van der Waals surface area (Å²) in [7, 11) is 0. The Morgan fingerprint density at radius 1 is 1.64 bits per heavy atom. The fraction of sp³-hybridized carbons (Fsp3) is 0.400. The molecule has 0 saturated carbocycles. The van der Waals surface area contributed by atoms with Crippen LogP contribution < -0.4 is 16.6 Å². The summed E-state index contributed by atoms with van der Waals surface area (Å²) in [6, 6.07) is 0. The normalized spacial score (nSPS) is 23.2. The number of nitrogens with two attached hydrogens (primary N) is 1. The molecule has 0 bridgehead atoms. The Morgan fingerprint density at radius 2 is 2.27 bits per heavy atom. The van der Waals surface area contributed by atoms with E-state index in [4.69, 9.17) is 5.84 Å². The summed E-state index contributed by atoms with van der Waals surface area (Å²) in [5.41, 5.74) is 1.81. The predicted octanol–water partition coefficient (Wildman–Crippen LogP) is -2.36. The fourth-order valence-corrected chi connectivity index (χ4v) is 0.866. The van der Waals surface area contributed by atoms with Crippen LogP contribution >= 0.6 is 0 Å². The first-order valence-electron chi connectivity index (χ1n) is 2.99. The Hall–Kier alpha value is -1.43. The largest absolute Gasteiger partial charge is 0.296 e. The highest BCUT2D eigenvalue weighted by atomic mass is 16.2. The highest BCUT2D eigenvalue weighted by molar-refractivity contribution is 6.13. The van der Waals surface area contributed by atoms with Gasteiger partial charge in [-0.1, -0.05) is 0 Å². The fourth-order valence-electron chi connectivity index (χ4n) is 0.866. The number of nitrogens with one attached hydrogen (secondary N) is 2. The molecule has 60 valence electrons. The zero-order valence-corrected chi connectivity index (χ0v) is 5.59. The van der Waals surface area contributed by atoms with Crippen molar-refractivity contribution in [2.24, 2.45) is 11.8 Å². The topological polar surface area (TPSA) is 101 Å². The van der Waals surface area contributed by atoms with Gasteiger partial charge >= 0.3 is 0 Å². The smallest absolute Gasteiger partial charge is 0.246 e. The van der Waals surface area contributed by atoms with Gasteiger partial charge in [0.1, 0.15) is 5.92 Å². The minimum atomic E-state index is -0.951. The lowest BCUT2D eigenvalue weighted by atomic mass is 10.1. The van der Waals surface area contributed by atoms with Crippen molar-refractivity contribution in [3.05, 3.63) is 0 Å². The summed E-state index contributed by atoms with van der Waals surface area (Å²) >= 11 is 0. The first-order chi connectivity index (χ1) is 5.15. The molecular formula is C5H7N3O3. The standard InChI is InChI=1S/C5H7N3O3/c6-8-5(11)2-1-3(9)7-4(2)10/h2H,1,6H2,(H,8,11)(H,7,9,10). The van der Waals surface area contributed by atoms with E-state index in [-0.39, 0.29) is 6.42 Å². The number of hydrogen-bond acceptors (Lipinski definition) is 4. The second kappa shape index (κ2) is 2.67. The molecule has 3 amide bonds. The van der Waals surface area contributed by atoms with Crippen molar-refractivity contribution in [1.29, 1.82) is 0 Å². The van der Waals surface area contributed by atoms with Crippen molar-refractivity contribution >= 4 is 17.7 Å². The Kier molecular flexibility index (Phi) is 1.86. The van der Waals surface area contributed by atoms with Gasteiger partial charge in [-0.3, -0.25) is 25.1 Å². The van der Waals surface area contributed by atoms with Crippen molar-refractivity contribution < 1.29 is 14.4 Å². The van der Waals surface area contributed by atoms with Crippen LogP contribution in [0.15, 0.2) is 0 Å². The van der Waals surface area contributed by atoms with Crippen LogP contribution in [0.4, 0.5) is 0 Å². The maximum absolute atomic E-state index is 10.7. The molecule has 0 aliphatic carbocycles. The second-order valence-corrected chi connectivity index (χ2v) is 2.18. The molecule has 1 fully saturated rings. The van der Waals surface area contributed by atoms with E-state index in [2.05, 4.69) is 0 Å². The quantitative estimate of drug-likeness (QED) is 0.130. The molecule has 0 aromatic carbocycles. The van der Waals surface area contributed by atoms with E-state index in [9.17, 15) is 14.4 Å². The van der Waals surface area contributed by atoms with Gasteiger partial charge in [-0.15, -0.1) is 0 Å². The van der Waals surface area contributed by atoms with Crippen LogP contribution in [0.3, 0.4) is 0 Å². The SMILES string of the molecule is NNC(=O)C1CC(=O)NC1=O. The van der Waals surface area contributed by atoms with Gasteiger partial charge in [0.25, 0.3) is 0 Å². The molecule has 1 heterocycles. The number of hydrazine groups is 1. The molecule has 0 aromatic rings. The van der Waals surface area contributed by atoms with Gasteiger partial charge < -0.3 is 0 Å². The van der Waals surface area contributed by atoms with Crippen LogP contribution in [0.25, 0.3) is 0 Å². The highest BCUT2D eigenvalue weighted by Crippen LogP contribution is 2.09. The lowest BCUT2D eigenvalue weighted by molar-refractivity contribution is -0.133. The van der Waals surface area contributed by atoms with Crippen LogP contribution in [0.1, 0.15) is 6.42 Å². The molecule has 0 radical (unpaired) electrons. The summed E-state index contributed by atoms with van der Waals surface area (Å²) in [6.07, 6.45) is -0.109. The summed E-state index contributed by atoms with van der Waals surface area (Å²) in [5, 5.41) is 1.99. The Morgan fingerprint density at radius 3 is 2.64 bits per heavy atom. The molecule has 4 N–H and O–H groups in total. The minimum Gasteiger partial charge on any atom is -0.296 e. The molecule has 1 aliphatic heterocycles. The highest BCUT2D eigenvalue weighted by Gasteiger charge is 2.35. The van der Waals surface area contributed by atoms with E-state index in [0.29, 0.717) is 0 Å². The average molecular weight is 157 g/mol. The number of imide groups is 1. The maximum atomic E-state index is 10.7. The molecule has 1 saturated heterocycles. The summed E-state index contributed by atoms with van der Waals surface area (Å²) < 4.78 is 0. The second-order valence-electron chi connectivity index (χ2n) is 2.18. The van der Waals surface area contributed by atoms with Gasteiger partial charge in [0.2, 0.25) is 17.7 Å². The van der Waals surface area contributed by atoms with Crippen LogP contribution in [0, 0.1) is 5.92 Å². The van der Waals surface area contributed by atoms with Crippen molar-refractivity contribution in [2.45, 2.75) is 6.42 Å². The zero-order chi connectivity index (χ0) is 8.43. The zero-order valence-electron chi connectivity index (χ0n) is 5.59. The maximum Gasteiger partial charge on any atom is 0.246 e. The van der Waals surface area contributed by atoms with E-state index in [1.165, 1.54) is 0 Å². The van der Waals surface area contributed by atoms with Gasteiger partial charge in [-0.25, -0.2) is 5.84 Å². The van der Waals surface area contributed by atoms with Crippen LogP contribution in [-0.4, -0.2) is 17.7 Å². The Balaban J connectivity index is 2.67. The van der Waals surface area contributed by atoms with Gasteiger partial charge in [0.15, 0.2) is 0 Å². The van der Waals surface area contributed by atoms with E-state index in [1.54, 1.807) is 5.43 Å². The summed E-state index contributed by atoms with van der Waals surface area (Å²) in [5.74, 6) is 2.16. The van der Waals surface area contributed by atoms with E-state index in [1.807, 2.05) is 5.32 Å². The first-order valence-corrected chi connectivity index (χ1v) is 2.99. The Bertz CT molecular complexity index is 225. The van der Waals surface area contributed by atoms with Crippen molar-refractivity contribution in [1.82, 2.24) is 10.7 Å². The Labute approximate surface area is 62.1 Å². The number of rotatable bonds is 1. The molecule has 1 unspecified atom stereocenters. The van der Waals surface area contributed by atoms with Crippen molar-refractivity contribution in [2.75, 3.05) is 0 Å². The molecule has 1 rings (SSSR count). The number of carbonyl (C=O) groups is 3. The molecule has 0 spiro atoms. The van der Waals surface area contributed by atoms with Crippen molar-refractivity contribution in [3.63, 3.8) is 0 Å². The third kappa shape index (κ3) is 1.35. The minimum absolute atomic E-state index is 0.109. The van der Waals surface area contributed by atoms with E-state index >= 15 is 0 Å². The lowest BCUT2D eigenvalue weighted by Gasteiger charge is -2.01. The molecule has 1 atom stereocenters. The van der Waals surface area contributed by atoms with Gasteiger partial charge in [0, 0.05) is 6.42 Å². The molecule has 11 heavy (non-hydrogen) atoms. The third-order valence-corrected chi connectivity index (χ3v) is 1.43. The molecule has 6 nitrogen and oxygen atoms in total. The summed E-state index contributed by atoms with van der Waals surface area (Å²) in [6.45, 7) is 0. The predicted molar refractivity (Wildman–Crippen MR) is 33.6 cm³/mol. The van der Waals surface area contributed by atoms with Gasteiger partial charge in [-0.05, 0) is 0 Å². The van der Waals surface area contributed by atoms with Crippen molar-refractivity contribution in [3.8, 4) is 0 Å². The number of amides is 3. The van der Waals surface area contributed by atoms with Crippen LogP contribution in [0.2, 0.25) is 0 Å². The number of carbonyl (C=O) groups excluding carboxylic acids is 3. The molecule has 0 aromatic heterocycles. The molecule has 6 heteroatoms. The average Bonchev–Trinajstić information content (AvgIpc) is 2.28. The van der Waals surface area contributed by atoms with E-state index in [0.717, 1.165) is 0 Å². The van der Waals surface area contributed by atoms with Crippen LogP contribution in [0.5, 0.6) is 0 Å². The van der Waals surface area contributed by atoms with Crippen LogP contribution in [-0.2, 0) is 14.4 Å². The number of hydrogen-bond donors (Lipinski definition) is 3. The lowest BCUT2D eigenvalue weighted by Crippen LogP contribution is -2.39. The van der Waals surface area contributed by atoms with Gasteiger partial charge in [-0.2, -0.15) is 0 Å². The first kappa shape index (κ1) is 7.67. The monoisotopic (exact) mass is 157 g/mol. The van der Waals surface area contributed by atoms with Gasteiger partial charge in [0.05, 0.1) is 0 Å². The third-order valence-electron chi connectivity index (χ3n) is 1.43. The van der Waals surface area contributed by atoms with E-state index < -0.39 is 23.6 Å². The molecule has 1 aliphatic rings. The molecular weight excluding hydrogens is 150 g/mol.